The number of rotatable bonds is 6. The number of carbonyl (C=O) groups excluding carboxylic acids is 1. The van der Waals surface area contributed by atoms with Crippen molar-refractivity contribution in [3.63, 3.8) is 0 Å². The van der Waals surface area contributed by atoms with Crippen LogP contribution in [0.3, 0.4) is 0 Å². The average Bonchev–Trinajstić information content (AvgIpc) is 2.73. The van der Waals surface area contributed by atoms with Gasteiger partial charge in [-0.15, -0.1) is 0 Å². The van der Waals surface area contributed by atoms with Crippen LogP contribution in [0.25, 0.3) is 0 Å². The van der Waals surface area contributed by atoms with Gasteiger partial charge in [0.2, 0.25) is 5.91 Å². The van der Waals surface area contributed by atoms with Gasteiger partial charge in [0, 0.05) is 31.7 Å². The van der Waals surface area contributed by atoms with Crippen LogP contribution in [-0.2, 0) is 28.4 Å². The molecule has 0 spiro atoms. The summed E-state index contributed by atoms with van der Waals surface area (Å²) in [6, 6.07) is 0.673. The SMILES string of the molecule is COCC(CCC(=O)N1COc2c(cc(C(F)(F)F)cc2C(F)(F)F)C1)N1CCCC(C)C1. The highest BCUT2D eigenvalue weighted by Crippen LogP contribution is 2.44. The molecule has 2 atom stereocenters. The third-order valence-electron chi connectivity index (χ3n) is 6.13. The molecule has 33 heavy (non-hydrogen) atoms. The fourth-order valence-corrected chi connectivity index (χ4v) is 4.47. The lowest BCUT2D eigenvalue weighted by Gasteiger charge is -2.37. The average molecular weight is 482 g/mol. The number of halogens is 6. The van der Waals surface area contributed by atoms with Crippen molar-refractivity contribution in [1.29, 1.82) is 0 Å². The lowest BCUT2D eigenvalue weighted by Crippen LogP contribution is -2.45. The van der Waals surface area contributed by atoms with Gasteiger partial charge in [-0.25, -0.2) is 0 Å². The molecule has 0 aliphatic carbocycles. The Kier molecular flexibility index (Phi) is 7.83. The Morgan fingerprint density at radius 1 is 1.21 bits per heavy atom. The fourth-order valence-electron chi connectivity index (χ4n) is 4.47. The maximum Gasteiger partial charge on any atom is 0.419 e. The molecule has 3 rings (SSSR count). The van der Waals surface area contributed by atoms with Crippen molar-refractivity contribution >= 4 is 5.91 Å². The van der Waals surface area contributed by atoms with Crippen molar-refractivity contribution in [1.82, 2.24) is 9.80 Å². The second kappa shape index (κ2) is 10.1. The molecule has 186 valence electrons. The summed E-state index contributed by atoms with van der Waals surface area (Å²) in [5.74, 6) is -0.511. The first kappa shape index (κ1) is 25.6. The van der Waals surface area contributed by atoms with E-state index >= 15 is 0 Å². The summed E-state index contributed by atoms with van der Waals surface area (Å²) in [5, 5.41) is 0. The van der Waals surface area contributed by atoms with Gasteiger partial charge >= 0.3 is 12.4 Å². The quantitative estimate of drug-likeness (QED) is 0.540. The summed E-state index contributed by atoms with van der Waals surface area (Å²) in [6.07, 6.45) is -7.23. The summed E-state index contributed by atoms with van der Waals surface area (Å²) in [5.41, 5.74) is -3.22. The number of hydrogen-bond acceptors (Lipinski definition) is 4. The number of amides is 1. The van der Waals surface area contributed by atoms with E-state index in [0.29, 0.717) is 25.0 Å². The second-order valence-corrected chi connectivity index (χ2v) is 8.76. The van der Waals surface area contributed by atoms with Gasteiger partial charge < -0.3 is 14.4 Å². The van der Waals surface area contributed by atoms with E-state index in [2.05, 4.69) is 11.8 Å². The largest absolute Gasteiger partial charge is 0.472 e. The minimum atomic E-state index is -5.02. The van der Waals surface area contributed by atoms with E-state index in [-0.39, 0.29) is 30.6 Å². The first-order chi connectivity index (χ1) is 15.4. The first-order valence-corrected chi connectivity index (χ1v) is 10.8. The maximum absolute atomic E-state index is 13.3. The Balaban J connectivity index is 1.72. The molecule has 1 fully saturated rings. The molecule has 2 aliphatic heterocycles. The van der Waals surface area contributed by atoms with E-state index in [9.17, 15) is 31.1 Å². The summed E-state index contributed by atoms with van der Waals surface area (Å²) in [4.78, 5) is 16.2. The molecule has 0 radical (unpaired) electrons. The zero-order valence-corrected chi connectivity index (χ0v) is 18.6. The number of fused-ring (bicyclic) bond motifs is 1. The number of ether oxygens (including phenoxy) is 2. The Morgan fingerprint density at radius 2 is 1.94 bits per heavy atom. The van der Waals surface area contributed by atoms with E-state index in [0.717, 1.165) is 30.8 Å². The second-order valence-electron chi connectivity index (χ2n) is 8.76. The predicted octanol–water partition coefficient (Wildman–Crippen LogP) is 4.93. The lowest BCUT2D eigenvalue weighted by atomic mass is 9.97. The first-order valence-electron chi connectivity index (χ1n) is 10.8. The number of methoxy groups -OCH3 is 1. The highest BCUT2D eigenvalue weighted by atomic mass is 19.4. The zero-order chi connectivity index (χ0) is 24.4. The smallest absolute Gasteiger partial charge is 0.419 e. The van der Waals surface area contributed by atoms with Crippen LogP contribution in [0, 0.1) is 5.92 Å². The minimum Gasteiger partial charge on any atom is -0.472 e. The fraction of sp³-hybridized carbons (Fsp3) is 0.682. The Labute approximate surface area is 188 Å². The third-order valence-corrected chi connectivity index (χ3v) is 6.13. The number of alkyl halides is 6. The molecule has 1 amide bonds. The summed E-state index contributed by atoms with van der Waals surface area (Å²) in [6.45, 7) is 3.56. The van der Waals surface area contributed by atoms with Crippen molar-refractivity contribution in [2.45, 2.75) is 57.5 Å². The number of benzene rings is 1. The predicted molar refractivity (Wildman–Crippen MR) is 107 cm³/mol. The number of nitrogens with zero attached hydrogens (tertiary/aromatic N) is 2. The van der Waals surface area contributed by atoms with Crippen LogP contribution in [-0.4, -0.2) is 55.3 Å². The van der Waals surface area contributed by atoms with E-state index in [1.165, 1.54) is 0 Å². The van der Waals surface area contributed by atoms with E-state index in [4.69, 9.17) is 9.47 Å². The maximum atomic E-state index is 13.3. The van der Waals surface area contributed by atoms with Gasteiger partial charge in [0.1, 0.15) is 5.75 Å². The Morgan fingerprint density at radius 3 is 2.55 bits per heavy atom. The van der Waals surface area contributed by atoms with E-state index < -0.39 is 41.9 Å². The number of hydrogen-bond donors (Lipinski definition) is 0. The third kappa shape index (κ3) is 6.32. The van der Waals surface area contributed by atoms with E-state index in [1.807, 2.05) is 0 Å². The van der Waals surface area contributed by atoms with Crippen LogP contribution in [0.2, 0.25) is 0 Å². The highest BCUT2D eigenvalue weighted by Gasteiger charge is 2.42. The number of carbonyl (C=O) groups is 1. The van der Waals surface area contributed by atoms with Gasteiger partial charge in [-0.2, -0.15) is 26.3 Å². The van der Waals surface area contributed by atoms with Crippen LogP contribution < -0.4 is 4.74 Å². The molecular formula is C22H28F6N2O3. The molecule has 5 nitrogen and oxygen atoms in total. The van der Waals surface area contributed by atoms with Gasteiger partial charge in [-0.05, 0) is 43.9 Å². The monoisotopic (exact) mass is 482 g/mol. The molecule has 2 heterocycles. The number of likely N-dealkylation sites (tertiary alicyclic amines) is 1. The molecule has 1 aromatic rings. The Bertz CT molecular complexity index is 843. The van der Waals surface area contributed by atoms with Crippen molar-refractivity contribution in [3.05, 3.63) is 28.8 Å². The molecule has 1 saturated heterocycles. The van der Waals surface area contributed by atoms with E-state index in [1.54, 1.807) is 7.11 Å². The molecule has 1 aromatic carbocycles. The van der Waals surface area contributed by atoms with Crippen LogP contribution >= 0.6 is 0 Å². The molecule has 2 aliphatic rings. The van der Waals surface area contributed by atoms with Gasteiger partial charge in [0.25, 0.3) is 0 Å². The highest BCUT2D eigenvalue weighted by molar-refractivity contribution is 5.76. The van der Waals surface area contributed by atoms with Gasteiger partial charge in [-0.1, -0.05) is 6.92 Å². The van der Waals surface area contributed by atoms with Crippen LogP contribution in [0.15, 0.2) is 12.1 Å². The summed E-state index contributed by atoms with van der Waals surface area (Å²) in [7, 11) is 1.58. The number of piperidine rings is 1. The molecular weight excluding hydrogens is 454 g/mol. The summed E-state index contributed by atoms with van der Waals surface area (Å²) >= 11 is 0. The molecule has 0 aromatic heterocycles. The van der Waals surface area contributed by atoms with Crippen LogP contribution in [0.5, 0.6) is 5.75 Å². The zero-order valence-electron chi connectivity index (χ0n) is 18.6. The van der Waals surface area contributed by atoms with Gasteiger partial charge in [-0.3, -0.25) is 9.69 Å². The standard InChI is InChI=1S/C22H28F6N2O3/c1-14-4-3-7-29(10-14)17(12-32-2)5-6-19(31)30-11-15-8-16(21(23,24)25)9-18(22(26,27)28)20(15)33-13-30/h8-9,14,17H,3-7,10-13H2,1-2H3. The van der Waals surface area contributed by atoms with Gasteiger partial charge in [0.05, 0.1) is 24.3 Å². The molecule has 11 heteroatoms. The Hall–Kier alpha value is -2.01. The minimum absolute atomic E-state index is 0.00774. The molecule has 0 saturated carbocycles. The molecule has 0 bridgehead atoms. The molecule has 2 unspecified atom stereocenters. The van der Waals surface area contributed by atoms with Crippen molar-refractivity contribution < 1.29 is 40.6 Å². The van der Waals surface area contributed by atoms with Gasteiger partial charge in [0.15, 0.2) is 6.73 Å². The van der Waals surface area contributed by atoms with Crippen LogP contribution in [0.4, 0.5) is 26.3 Å². The normalized spacial score (nSPS) is 20.8. The summed E-state index contributed by atoms with van der Waals surface area (Å²) < 4.78 is 90.0. The molecule has 0 N–H and O–H groups in total. The van der Waals surface area contributed by atoms with Crippen molar-refractivity contribution in [2.24, 2.45) is 5.92 Å². The topological polar surface area (TPSA) is 42.0 Å². The van der Waals surface area contributed by atoms with Crippen molar-refractivity contribution in [2.75, 3.05) is 33.5 Å². The van der Waals surface area contributed by atoms with Crippen molar-refractivity contribution in [3.8, 4) is 5.75 Å². The van der Waals surface area contributed by atoms with Crippen LogP contribution in [0.1, 0.15) is 49.3 Å². The lowest BCUT2D eigenvalue weighted by molar-refractivity contribution is -0.145.